The number of nitrogens with zero attached hydrogens (tertiary/aromatic N) is 1. The molecule has 0 bridgehead atoms. The van der Waals surface area contributed by atoms with E-state index in [-0.39, 0.29) is 5.92 Å². The number of hydrogen-bond acceptors (Lipinski definition) is 2. The Balaban J connectivity index is 1.21. The summed E-state index contributed by atoms with van der Waals surface area (Å²) in [7, 11) is 0. The highest BCUT2D eigenvalue weighted by atomic mass is 15.4. The van der Waals surface area contributed by atoms with Crippen molar-refractivity contribution >= 4 is 28.2 Å². The molecule has 3 aliphatic rings. The predicted molar refractivity (Wildman–Crippen MR) is 205 cm³/mol. The first-order chi connectivity index (χ1) is 24.1. The predicted octanol–water partition coefficient (Wildman–Crippen LogP) is 9.95. The highest BCUT2D eigenvalue weighted by Crippen LogP contribution is 2.49. The van der Waals surface area contributed by atoms with Crippen molar-refractivity contribution in [2.45, 2.75) is 19.5 Å². The molecule has 2 aliphatic carbocycles. The second-order valence-corrected chi connectivity index (χ2v) is 13.6. The molecule has 1 heterocycles. The number of anilines is 3. The summed E-state index contributed by atoms with van der Waals surface area (Å²) in [5.74, 6) is 0.679. The molecule has 6 aromatic rings. The minimum absolute atomic E-state index is 0.288. The number of allylic oxidation sites excluding steroid dienone is 4. The molecule has 9 rings (SSSR count). The average Bonchev–Trinajstić information content (AvgIpc) is 3.48. The maximum Gasteiger partial charge on any atom is 0.138 e. The largest absolute Gasteiger partial charge is 0.357 e. The van der Waals surface area contributed by atoms with Crippen LogP contribution in [0, 0.1) is 11.8 Å². The Morgan fingerprint density at radius 2 is 1.22 bits per heavy atom. The van der Waals surface area contributed by atoms with Crippen LogP contribution < -0.4 is 20.7 Å². The summed E-state index contributed by atoms with van der Waals surface area (Å²) in [4.78, 5) is 2.42. The van der Waals surface area contributed by atoms with Gasteiger partial charge in [0.25, 0.3) is 0 Å². The Morgan fingerprint density at radius 1 is 0.592 bits per heavy atom. The van der Waals surface area contributed by atoms with Gasteiger partial charge in [-0.2, -0.15) is 0 Å². The summed E-state index contributed by atoms with van der Waals surface area (Å²) in [6.45, 7) is 4.64. The second-order valence-electron chi connectivity index (χ2n) is 13.6. The molecule has 6 aromatic carbocycles. The van der Waals surface area contributed by atoms with Gasteiger partial charge >= 0.3 is 0 Å². The van der Waals surface area contributed by atoms with E-state index in [4.69, 9.17) is 0 Å². The van der Waals surface area contributed by atoms with E-state index in [2.05, 4.69) is 200 Å². The first kappa shape index (κ1) is 29.3. The Hall–Kier alpha value is -5.86. The number of benzene rings is 6. The molecular weight excluding hydrogens is 593 g/mol. The maximum absolute atomic E-state index is 3.86. The summed E-state index contributed by atoms with van der Waals surface area (Å²) in [5.41, 5.74) is 13.4. The topological polar surface area (TPSA) is 15.3 Å². The normalized spacial score (nSPS) is 20.6. The smallest absolute Gasteiger partial charge is 0.138 e. The van der Waals surface area contributed by atoms with Crippen LogP contribution in [0.25, 0.3) is 22.3 Å². The average molecular weight is 631 g/mol. The van der Waals surface area contributed by atoms with Crippen LogP contribution >= 0.6 is 0 Å². The van der Waals surface area contributed by atoms with E-state index in [0.717, 1.165) is 11.4 Å². The monoisotopic (exact) mass is 630 g/mol. The Kier molecular flexibility index (Phi) is 6.98. The van der Waals surface area contributed by atoms with Crippen molar-refractivity contribution in [2.24, 2.45) is 11.8 Å². The third kappa shape index (κ3) is 4.78. The van der Waals surface area contributed by atoms with E-state index < -0.39 is 5.66 Å². The van der Waals surface area contributed by atoms with Gasteiger partial charge in [-0.3, -0.25) is 0 Å². The molecule has 0 fully saturated rings. The van der Waals surface area contributed by atoms with Gasteiger partial charge in [0, 0.05) is 11.6 Å². The van der Waals surface area contributed by atoms with Crippen LogP contribution in [0.3, 0.4) is 0 Å². The van der Waals surface area contributed by atoms with Crippen LogP contribution in [0.4, 0.5) is 17.1 Å². The molecule has 49 heavy (non-hydrogen) atoms. The van der Waals surface area contributed by atoms with Gasteiger partial charge in [0.15, 0.2) is 0 Å². The maximum atomic E-state index is 3.86. The molecule has 2 nitrogen and oxygen atoms in total. The minimum Gasteiger partial charge on any atom is -0.357 e. The van der Waals surface area contributed by atoms with Crippen molar-refractivity contribution in [3.05, 3.63) is 209 Å². The zero-order valence-electron chi connectivity index (χ0n) is 27.8. The lowest BCUT2D eigenvalue weighted by Crippen LogP contribution is -2.42. The summed E-state index contributed by atoms with van der Waals surface area (Å²) in [6.07, 6.45) is 6.97. The third-order valence-corrected chi connectivity index (χ3v) is 10.6. The molecular formula is C47H38N2. The highest BCUT2D eigenvalue weighted by Gasteiger charge is 2.41. The Morgan fingerprint density at radius 3 is 1.96 bits per heavy atom. The van der Waals surface area contributed by atoms with Gasteiger partial charge in [0.2, 0.25) is 0 Å². The van der Waals surface area contributed by atoms with Crippen molar-refractivity contribution in [2.75, 3.05) is 10.2 Å². The fraction of sp³-hybridized carbons (Fsp3) is 0.106. The first-order valence-electron chi connectivity index (χ1n) is 17.3. The molecule has 3 atom stereocenters. The first-order valence-corrected chi connectivity index (χ1v) is 17.3. The van der Waals surface area contributed by atoms with Gasteiger partial charge in [0.1, 0.15) is 5.66 Å². The number of nitrogens with one attached hydrogen (secondary N) is 1. The fourth-order valence-electron chi connectivity index (χ4n) is 8.35. The van der Waals surface area contributed by atoms with Crippen LogP contribution in [0.2, 0.25) is 0 Å². The van der Waals surface area contributed by atoms with Gasteiger partial charge in [-0.25, -0.2) is 0 Å². The van der Waals surface area contributed by atoms with E-state index in [1.165, 1.54) is 60.7 Å². The second kappa shape index (κ2) is 11.7. The quantitative estimate of drug-likeness (QED) is 0.204. The minimum atomic E-state index is -0.445. The van der Waals surface area contributed by atoms with Gasteiger partial charge in [-0.1, -0.05) is 153 Å². The standard InChI is InChI=1S/C47H38N2/c1-32-15-14-22-40-44(32)46(35-18-8-4-9-19-35)39-30-27-36(31-41(39)45(40)34-16-6-3-7-17-34)33-25-28-37(29-26-33)47(2)48-42-23-12-13-24-43(42)49(47)38-20-10-5-11-21-38/h3-32,44,48H,1-2H3. The van der Waals surface area contributed by atoms with E-state index in [0.29, 0.717) is 5.92 Å². The third-order valence-electron chi connectivity index (χ3n) is 10.6. The van der Waals surface area contributed by atoms with Gasteiger partial charge < -0.3 is 10.2 Å². The van der Waals surface area contributed by atoms with Crippen molar-refractivity contribution in [3.8, 4) is 11.1 Å². The molecule has 1 aliphatic heterocycles. The van der Waals surface area contributed by atoms with Gasteiger partial charge in [0.05, 0.1) is 11.4 Å². The molecule has 2 heteroatoms. The molecule has 0 radical (unpaired) electrons. The molecule has 0 amide bonds. The Bertz CT molecular complexity index is 2370. The van der Waals surface area contributed by atoms with Crippen molar-refractivity contribution in [3.63, 3.8) is 0 Å². The summed E-state index contributed by atoms with van der Waals surface area (Å²) in [5, 5.41) is 6.48. The highest BCUT2D eigenvalue weighted by molar-refractivity contribution is 5.90. The molecule has 1 N–H and O–H groups in total. The Labute approximate surface area is 288 Å². The van der Waals surface area contributed by atoms with Crippen LogP contribution in [-0.2, 0) is 5.66 Å². The lowest BCUT2D eigenvalue weighted by atomic mass is 9.68. The van der Waals surface area contributed by atoms with Crippen LogP contribution in [0.1, 0.15) is 30.5 Å². The van der Waals surface area contributed by atoms with E-state index in [9.17, 15) is 0 Å². The summed E-state index contributed by atoms with van der Waals surface area (Å²) < 4.78 is 0. The molecule has 236 valence electrons. The number of para-hydroxylation sites is 3. The molecule has 0 spiro atoms. The van der Waals surface area contributed by atoms with E-state index >= 15 is 0 Å². The summed E-state index contributed by atoms with van der Waals surface area (Å²) in [6, 6.07) is 57.5. The van der Waals surface area contributed by atoms with Crippen molar-refractivity contribution in [1.82, 2.24) is 0 Å². The lowest BCUT2D eigenvalue weighted by Gasteiger charge is -2.37. The number of rotatable bonds is 5. The molecule has 0 saturated carbocycles. The van der Waals surface area contributed by atoms with Gasteiger partial charge in [-0.15, -0.1) is 0 Å². The molecule has 3 unspecified atom stereocenters. The zero-order valence-corrected chi connectivity index (χ0v) is 27.8. The van der Waals surface area contributed by atoms with E-state index in [1.807, 2.05) is 0 Å². The zero-order chi connectivity index (χ0) is 33.0. The van der Waals surface area contributed by atoms with Crippen LogP contribution in [0.5, 0.6) is 0 Å². The number of hydrogen-bond donors (Lipinski definition) is 1. The lowest BCUT2D eigenvalue weighted by molar-refractivity contribution is 0.577. The SMILES string of the molecule is CC1C=CC=C2C(c3ccccc3)=c3cc(-c4ccc(C5(C)Nc6ccccc6N5c5ccccc5)cc4)ccc3=C(c3ccccc3)C21. The van der Waals surface area contributed by atoms with Crippen LogP contribution in [0.15, 0.2) is 182 Å². The summed E-state index contributed by atoms with van der Waals surface area (Å²) >= 11 is 0. The van der Waals surface area contributed by atoms with Crippen LogP contribution in [-0.4, -0.2) is 0 Å². The number of fused-ring (bicyclic) bond motifs is 3. The van der Waals surface area contributed by atoms with Crippen molar-refractivity contribution < 1.29 is 0 Å². The molecule has 0 aromatic heterocycles. The molecule has 0 saturated heterocycles. The van der Waals surface area contributed by atoms with Crippen molar-refractivity contribution in [1.29, 1.82) is 0 Å². The van der Waals surface area contributed by atoms with Gasteiger partial charge in [-0.05, 0) is 98.1 Å². The van der Waals surface area contributed by atoms with E-state index in [1.54, 1.807) is 0 Å². The fourth-order valence-corrected chi connectivity index (χ4v) is 8.35.